The first kappa shape index (κ1) is 15.0. The highest BCUT2D eigenvalue weighted by Gasteiger charge is 2.14. The zero-order valence-electron chi connectivity index (χ0n) is 12.5. The van der Waals surface area contributed by atoms with Crippen molar-refractivity contribution in [2.45, 2.75) is 26.2 Å². The van der Waals surface area contributed by atoms with Crippen molar-refractivity contribution in [3.8, 4) is 11.4 Å². The van der Waals surface area contributed by atoms with Gasteiger partial charge in [-0.25, -0.2) is 0 Å². The number of aromatic amines is 1. The number of nitrogens with zero attached hydrogens (tertiary/aromatic N) is 2. The molecule has 0 radical (unpaired) electrons. The van der Waals surface area contributed by atoms with E-state index in [4.69, 9.17) is 9.63 Å². The Morgan fingerprint density at radius 1 is 1.39 bits per heavy atom. The number of para-hydroxylation sites is 1. The van der Waals surface area contributed by atoms with Gasteiger partial charge in [-0.2, -0.15) is 4.98 Å². The Kier molecular flexibility index (Phi) is 3.92. The van der Waals surface area contributed by atoms with Crippen LogP contribution in [-0.4, -0.2) is 26.2 Å². The lowest BCUT2D eigenvalue weighted by molar-refractivity contribution is -0.137. The molecule has 2 aromatic heterocycles. The number of H-pyrrole nitrogens is 1. The predicted molar refractivity (Wildman–Crippen MR) is 83.2 cm³/mol. The first-order valence-electron chi connectivity index (χ1n) is 7.22. The van der Waals surface area contributed by atoms with E-state index in [0.717, 1.165) is 16.5 Å². The second-order valence-electron chi connectivity index (χ2n) is 5.31. The van der Waals surface area contributed by atoms with Crippen molar-refractivity contribution in [3.63, 3.8) is 0 Å². The fourth-order valence-electron chi connectivity index (χ4n) is 2.41. The van der Waals surface area contributed by atoms with Crippen LogP contribution in [0.2, 0.25) is 0 Å². The van der Waals surface area contributed by atoms with Crippen molar-refractivity contribution < 1.29 is 14.4 Å². The van der Waals surface area contributed by atoms with Crippen LogP contribution in [0.1, 0.15) is 24.3 Å². The van der Waals surface area contributed by atoms with Crippen LogP contribution in [0.25, 0.3) is 22.3 Å². The van der Waals surface area contributed by atoms with Gasteiger partial charge in [0.15, 0.2) is 0 Å². The van der Waals surface area contributed by atoms with Crippen LogP contribution in [0.5, 0.6) is 0 Å². The number of carboxylic acids is 1. The molecule has 0 saturated heterocycles. The number of carbonyl (C=O) groups is 1. The summed E-state index contributed by atoms with van der Waals surface area (Å²) in [7, 11) is 0. The fourth-order valence-corrected chi connectivity index (χ4v) is 2.41. The molecule has 0 bridgehead atoms. The average molecular weight is 313 g/mol. The van der Waals surface area contributed by atoms with Crippen molar-refractivity contribution in [2.24, 2.45) is 0 Å². The highest BCUT2D eigenvalue weighted by Crippen LogP contribution is 2.19. The third-order valence-corrected chi connectivity index (χ3v) is 3.58. The summed E-state index contributed by atoms with van der Waals surface area (Å²) in [5.41, 5.74) is 1.81. The van der Waals surface area contributed by atoms with Crippen LogP contribution in [0, 0.1) is 6.92 Å². The van der Waals surface area contributed by atoms with E-state index in [1.807, 2.05) is 25.1 Å². The number of benzene rings is 1. The van der Waals surface area contributed by atoms with Gasteiger partial charge in [0, 0.05) is 12.8 Å². The van der Waals surface area contributed by atoms with Gasteiger partial charge in [-0.1, -0.05) is 23.4 Å². The molecule has 2 N–H and O–H groups in total. The summed E-state index contributed by atoms with van der Waals surface area (Å²) < 4.78 is 5.08. The fraction of sp³-hybridized carbons (Fsp3) is 0.250. The van der Waals surface area contributed by atoms with Crippen LogP contribution < -0.4 is 5.56 Å². The number of rotatable bonds is 5. The first-order chi connectivity index (χ1) is 11.0. The molecule has 0 fully saturated rings. The maximum atomic E-state index is 12.2. The molecular formula is C16H15N3O4. The lowest BCUT2D eigenvalue weighted by atomic mass is 10.1. The second kappa shape index (κ2) is 6.04. The molecule has 0 atom stereocenters. The molecule has 0 aliphatic rings. The Bertz CT molecular complexity index is 926. The molecule has 0 saturated carbocycles. The van der Waals surface area contributed by atoms with Gasteiger partial charge in [-0.05, 0) is 30.4 Å². The molecule has 23 heavy (non-hydrogen) atoms. The van der Waals surface area contributed by atoms with Crippen molar-refractivity contribution in [3.05, 3.63) is 46.1 Å². The summed E-state index contributed by atoms with van der Waals surface area (Å²) >= 11 is 0. The highest BCUT2D eigenvalue weighted by molar-refractivity contribution is 5.84. The third-order valence-electron chi connectivity index (χ3n) is 3.58. The van der Waals surface area contributed by atoms with Gasteiger partial charge < -0.3 is 14.6 Å². The maximum Gasteiger partial charge on any atom is 0.303 e. The molecule has 0 unspecified atom stereocenters. The zero-order valence-corrected chi connectivity index (χ0v) is 12.5. The molecule has 1 aromatic carbocycles. The molecular weight excluding hydrogens is 298 g/mol. The van der Waals surface area contributed by atoms with E-state index < -0.39 is 5.97 Å². The van der Waals surface area contributed by atoms with Crippen LogP contribution in [0.4, 0.5) is 0 Å². The van der Waals surface area contributed by atoms with Gasteiger partial charge in [0.1, 0.15) is 0 Å². The molecule has 0 spiro atoms. The zero-order chi connectivity index (χ0) is 16.4. The van der Waals surface area contributed by atoms with E-state index in [1.54, 1.807) is 6.07 Å². The number of carboxylic acid groups (broad SMARTS) is 1. The van der Waals surface area contributed by atoms with Gasteiger partial charge in [-0.15, -0.1) is 0 Å². The highest BCUT2D eigenvalue weighted by atomic mass is 16.5. The summed E-state index contributed by atoms with van der Waals surface area (Å²) in [6.45, 7) is 1.92. The van der Waals surface area contributed by atoms with E-state index in [9.17, 15) is 9.59 Å². The van der Waals surface area contributed by atoms with Crippen LogP contribution in [0.3, 0.4) is 0 Å². The molecule has 3 rings (SSSR count). The third kappa shape index (κ3) is 3.13. The minimum atomic E-state index is -0.869. The largest absolute Gasteiger partial charge is 0.481 e. The molecule has 118 valence electrons. The van der Waals surface area contributed by atoms with Crippen molar-refractivity contribution in [2.75, 3.05) is 0 Å². The Hall–Kier alpha value is -2.96. The monoisotopic (exact) mass is 313 g/mol. The van der Waals surface area contributed by atoms with Crippen LogP contribution >= 0.6 is 0 Å². The van der Waals surface area contributed by atoms with Crippen molar-refractivity contribution in [1.82, 2.24) is 15.1 Å². The van der Waals surface area contributed by atoms with E-state index >= 15 is 0 Å². The smallest absolute Gasteiger partial charge is 0.303 e. The lowest BCUT2D eigenvalue weighted by Gasteiger charge is -2.02. The Balaban J connectivity index is 1.91. The van der Waals surface area contributed by atoms with Gasteiger partial charge in [0.05, 0.1) is 11.1 Å². The van der Waals surface area contributed by atoms with E-state index in [-0.39, 0.29) is 17.8 Å². The Morgan fingerprint density at radius 3 is 3.00 bits per heavy atom. The standard InChI is InChI=1S/C16H15N3O4/c1-9-4-2-5-10-8-11(16(22)18-14(9)10)15-17-12(23-19-15)6-3-7-13(20)21/h2,4-5,8H,3,6-7H2,1H3,(H,18,22)(H,20,21). The molecule has 0 amide bonds. The van der Waals surface area contributed by atoms with E-state index in [2.05, 4.69) is 15.1 Å². The van der Waals surface area contributed by atoms with Crippen molar-refractivity contribution in [1.29, 1.82) is 0 Å². The minimum absolute atomic E-state index is 0.0353. The number of hydrogen-bond donors (Lipinski definition) is 2. The number of aliphatic carboxylic acids is 1. The number of fused-ring (bicyclic) bond motifs is 1. The van der Waals surface area contributed by atoms with Crippen LogP contribution in [-0.2, 0) is 11.2 Å². The molecule has 0 aliphatic carbocycles. The summed E-state index contributed by atoms with van der Waals surface area (Å²) in [5.74, 6) is -0.337. The lowest BCUT2D eigenvalue weighted by Crippen LogP contribution is -2.10. The molecule has 3 aromatic rings. The Morgan fingerprint density at radius 2 is 2.22 bits per heavy atom. The summed E-state index contributed by atoms with van der Waals surface area (Å²) in [6.07, 6.45) is 0.807. The summed E-state index contributed by atoms with van der Waals surface area (Å²) in [6, 6.07) is 7.46. The van der Waals surface area contributed by atoms with Crippen molar-refractivity contribution >= 4 is 16.9 Å². The van der Waals surface area contributed by atoms with Gasteiger partial charge >= 0.3 is 5.97 Å². The molecule has 7 nitrogen and oxygen atoms in total. The predicted octanol–water partition coefficient (Wildman–Crippen LogP) is 2.29. The van der Waals surface area contributed by atoms with E-state index in [0.29, 0.717) is 24.3 Å². The number of aromatic nitrogens is 3. The van der Waals surface area contributed by atoms with Gasteiger partial charge in [0.2, 0.25) is 11.7 Å². The normalized spacial score (nSPS) is 11.0. The summed E-state index contributed by atoms with van der Waals surface area (Å²) in [4.78, 5) is 29.8. The number of nitrogens with one attached hydrogen (secondary N) is 1. The first-order valence-corrected chi connectivity index (χ1v) is 7.22. The van der Waals surface area contributed by atoms with E-state index in [1.165, 1.54) is 0 Å². The number of hydrogen-bond acceptors (Lipinski definition) is 5. The van der Waals surface area contributed by atoms with Gasteiger partial charge in [0.25, 0.3) is 5.56 Å². The maximum absolute atomic E-state index is 12.2. The number of aryl methyl sites for hydroxylation is 2. The molecule has 0 aliphatic heterocycles. The SMILES string of the molecule is Cc1cccc2cc(-c3noc(CCCC(=O)O)n3)c(=O)[nH]c12. The van der Waals surface area contributed by atoms with Crippen LogP contribution in [0.15, 0.2) is 33.6 Å². The quantitative estimate of drug-likeness (QED) is 0.748. The average Bonchev–Trinajstić information content (AvgIpc) is 2.96. The Labute approximate surface area is 131 Å². The van der Waals surface area contributed by atoms with Gasteiger partial charge in [-0.3, -0.25) is 9.59 Å². The number of pyridine rings is 1. The minimum Gasteiger partial charge on any atom is -0.481 e. The second-order valence-corrected chi connectivity index (χ2v) is 5.31. The summed E-state index contributed by atoms with van der Waals surface area (Å²) in [5, 5.41) is 13.3. The molecule has 7 heteroatoms. The molecule has 2 heterocycles. The topological polar surface area (TPSA) is 109 Å².